The van der Waals surface area contributed by atoms with Gasteiger partial charge in [-0.25, -0.2) is 9.98 Å². The van der Waals surface area contributed by atoms with Gasteiger partial charge < -0.3 is 19.2 Å². The number of nitrogens with zero attached hydrogens (tertiary/aromatic N) is 4. The molecule has 0 saturated carbocycles. The van der Waals surface area contributed by atoms with Crippen LogP contribution in [0.1, 0.15) is 17.5 Å². The molecular formula is C25H25N5O2S. The van der Waals surface area contributed by atoms with Crippen LogP contribution in [0.3, 0.4) is 0 Å². The fraction of sp³-hybridized carbons (Fsp3) is 0.240. The zero-order chi connectivity index (χ0) is 22.8. The number of amides is 1. The summed E-state index contributed by atoms with van der Waals surface area (Å²) in [5.41, 5.74) is 6.14. The summed E-state index contributed by atoms with van der Waals surface area (Å²) in [4.78, 5) is 21.9. The van der Waals surface area contributed by atoms with Crippen LogP contribution in [-0.2, 0) is 17.9 Å². The second kappa shape index (κ2) is 9.07. The van der Waals surface area contributed by atoms with Crippen molar-refractivity contribution < 1.29 is 9.53 Å². The lowest BCUT2D eigenvalue weighted by Gasteiger charge is -2.19. The van der Waals surface area contributed by atoms with Gasteiger partial charge in [-0.05, 0) is 50.1 Å². The SMILES string of the molecule is Cc1ccc(N=c2scc(-c3ccc4c(c3)NC(=O)CO4)n2CCCn2ccnc2)c(C)c1. The number of hydrogen-bond donors (Lipinski definition) is 1. The van der Waals surface area contributed by atoms with E-state index in [2.05, 4.69) is 56.9 Å². The largest absolute Gasteiger partial charge is 0.482 e. The minimum absolute atomic E-state index is 0.0535. The minimum atomic E-state index is -0.135. The number of thiazole rings is 1. The minimum Gasteiger partial charge on any atom is -0.482 e. The van der Waals surface area contributed by atoms with Crippen LogP contribution in [0.4, 0.5) is 11.4 Å². The van der Waals surface area contributed by atoms with Crippen molar-refractivity contribution in [1.29, 1.82) is 0 Å². The molecule has 2 aromatic carbocycles. The van der Waals surface area contributed by atoms with Gasteiger partial charge in [0.15, 0.2) is 11.4 Å². The number of aryl methyl sites for hydroxylation is 3. The maximum atomic E-state index is 11.8. The van der Waals surface area contributed by atoms with Crippen molar-refractivity contribution >= 4 is 28.6 Å². The average molecular weight is 460 g/mol. The Morgan fingerprint density at radius 3 is 2.91 bits per heavy atom. The Balaban J connectivity index is 1.54. The standard InChI is InChI=1S/C25H25N5O2S/c1-17-4-6-20(18(2)12-17)28-25-30(10-3-9-29-11-8-26-16-29)22(15-33-25)19-5-7-23-21(13-19)27-24(31)14-32-23/h4-8,11-13,15-16H,3,9-10,14H2,1-2H3,(H,27,31). The van der Waals surface area contributed by atoms with Gasteiger partial charge in [0.05, 0.1) is 23.4 Å². The second-order valence-electron chi connectivity index (χ2n) is 8.16. The van der Waals surface area contributed by atoms with E-state index in [1.165, 1.54) is 5.56 Å². The molecule has 0 unspecified atom stereocenters. The predicted octanol–water partition coefficient (Wildman–Crippen LogP) is 4.68. The maximum Gasteiger partial charge on any atom is 0.262 e. The Morgan fingerprint density at radius 2 is 2.09 bits per heavy atom. The Hall–Kier alpha value is -3.65. The molecular weight excluding hydrogens is 434 g/mol. The van der Waals surface area contributed by atoms with E-state index in [0.29, 0.717) is 11.4 Å². The molecule has 168 valence electrons. The lowest BCUT2D eigenvalue weighted by Crippen LogP contribution is -2.25. The number of nitrogens with one attached hydrogen (secondary N) is 1. The van der Waals surface area contributed by atoms with Crippen molar-refractivity contribution in [3.8, 4) is 17.0 Å². The molecule has 1 aliphatic heterocycles. The van der Waals surface area contributed by atoms with Gasteiger partial charge in [0, 0.05) is 36.4 Å². The Morgan fingerprint density at radius 1 is 1.18 bits per heavy atom. The van der Waals surface area contributed by atoms with Crippen molar-refractivity contribution in [1.82, 2.24) is 14.1 Å². The molecule has 0 atom stereocenters. The topological polar surface area (TPSA) is 73.4 Å². The van der Waals surface area contributed by atoms with Gasteiger partial charge >= 0.3 is 0 Å². The highest BCUT2D eigenvalue weighted by Gasteiger charge is 2.18. The van der Waals surface area contributed by atoms with Crippen LogP contribution in [0.25, 0.3) is 11.3 Å². The van der Waals surface area contributed by atoms with Gasteiger partial charge in [-0.1, -0.05) is 17.7 Å². The van der Waals surface area contributed by atoms with Crippen LogP contribution < -0.4 is 14.9 Å². The van der Waals surface area contributed by atoms with Crippen LogP contribution in [0.15, 0.2) is 65.5 Å². The van der Waals surface area contributed by atoms with E-state index in [0.717, 1.165) is 46.8 Å². The van der Waals surface area contributed by atoms with E-state index in [4.69, 9.17) is 9.73 Å². The maximum absolute atomic E-state index is 11.8. The highest BCUT2D eigenvalue weighted by molar-refractivity contribution is 7.07. The molecule has 1 amide bonds. The summed E-state index contributed by atoms with van der Waals surface area (Å²) >= 11 is 1.62. The van der Waals surface area contributed by atoms with Crippen molar-refractivity contribution in [3.05, 3.63) is 76.4 Å². The van der Waals surface area contributed by atoms with Crippen LogP contribution in [0.5, 0.6) is 5.75 Å². The van der Waals surface area contributed by atoms with E-state index in [1.54, 1.807) is 17.5 Å². The summed E-state index contributed by atoms with van der Waals surface area (Å²) in [6, 6.07) is 12.2. The molecule has 0 bridgehead atoms. The molecule has 5 rings (SSSR count). The summed E-state index contributed by atoms with van der Waals surface area (Å²) in [6.45, 7) is 5.92. The molecule has 2 aromatic heterocycles. The zero-order valence-corrected chi connectivity index (χ0v) is 19.4. The van der Waals surface area contributed by atoms with Crippen molar-refractivity contribution in [3.63, 3.8) is 0 Å². The number of carbonyl (C=O) groups is 1. The second-order valence-corrected chi connectivity index (χ2v) is 9.00. The summed E-state index contributed by atoms with van der Waals surface area (Å²) < 4.78 is 9.87. The van der Waals surface area contributed by atoms with E-state index >= 15 is 0 Å². The molecule has 8 heteroatoms. The molecule has 0 spiro atoms. The Labute approximate surface area is 196 Å². The van der Waals surface area contributed by atoms with Crippen LogP contribution in [0, 0.1) is 13.8 Å². The van der Waals surface area contributed by atoms with Crippen LogP contribution in [0.2, 0.25) is 0 Å². The lowest BCUT2D eigenvalue weighted by molar-refractivity contribution is -0.118. The first-order chi connectivity index (χ1) is 16.1. The first-order valence-corrected chi connectivity index (χ1v) is 11.8. The highest BCUT2D eigenvalue weighted by Crippen LogP contribution is 2.33. The number of aromatic nitrogens is 3. The monoisotopic (exact) mass is 459 g/mol. The number of rotatable bonds is 6. The van der Waals surface area contributed by atoms with Crippen LogP contribution in [-0.4, -0.2) is 26.6 Å². The van der Waals surface area contributed by atoms with Gasteiger partial charge in [0.2, 0.25) is 0 Å². The molecule has 3 heterocycles. The number of benzene rings is 2. The molecule has 0 radical (unpaired) electrons. The van der Waals surface area contributed by atoms with Gasteiger partial charge in [-0.3, -0.25) is 4.79 Å². The summed E-state index contributed by atoms with van der Waals surface area (Å²) in [5.74, 6) is 0.559. The first kappa shape index (κ1) is 21.2. The van der Waals surface area contributed by atoms with E-state index in [-0.39, 0.29) is 12.5 Å². The fourth-order valence-corrected chi connectivity index (χ4v) is 4.92. The number of hydrogen-bond acceptors (Lipinski definition) is 5. The predicted molar refractivity (Wildman–Crippen MR) is 130 cm³/mol. The average Bonchev–Trinajstić information content (AvgIpc) is 3.45. The Bertz CT molecular complexity index is 1370. The van der Waals surface area contributed by atoms with E-state index in [1.807, 2.05) is 30.7 Å². The molecule has 1 aliphatic rings. The van der Waals surface area contributed by atoms with Crippen molar-refractivity contribution in [2.45, 2.75) is 33.4 Å². The molecule has 4 aromatic rings. The normalized spacial score (nSPS) is 13.5. The van der Waals surface area contributed by atoms with E-state index < -0.39 is 0 Å². The Kier molecular flexibility index (Phi) is 5.83. The zero-order valence-electron chi connectivity index (χ0n) is 18.6. The number of fused-ring (bicyclic) bond motifs is 1. The third-order valence-corrected chi connectivity index (χ3v) is 6.50. The molecule has 0 aliphatic carbocycles. The summed E-state index contributed by atoms with van der Waals surface area (Å²) in [5, 5.41) is 5.04. The number of ether oxygens (including phenoxy) is 1. The quantitative estimate of drug-likeness (QED) is 0.455. The van der Waals surface area contributed by atoms with Gasteiger partial charge in [-0.2, -0.15) is 0 Å². The molecule has 33 heavy (non-hydrogen) atoms. The fourth-order valence-electron chi connectivity index (χ4n) is 3.97. The third kappa shape index (κ3) is 4.61. The number of anilines is 1. The number of imidazole rings is 1. The molecule has 0 fully saturated rings. The van der Waals surface area contributed by atoms with Crippen molar-refractivity contribution in [2.24, 2.45) is 4.99 Å². The molecule has 7 nitrogen and oxygen atoms in total. The highest BCUT2D eigenvalue weighted by atomic mass is 32.1. The lowest BCUT2D eigenvalue weighted by atomic mass is 10.1. The third-order valence-electron chi connectivity index (χ3n) is 5.63. The summed E-state index contributed by atoms with van der Waals surface area (Å²) in [7, 11) is 0. The molecule has 1 N–H and O–H groups in total. The molecule has 0 saturated heterocycles. The smallest absolute Gasteiger partial charge is 0.262 e. The summed E-state index contributed by atoms with van der Waals surface area (Å²) in [6.07, 6.45) is 6.55. The van der Waals surface area contributed by atoms with Gasteiger partial charge in [0.1, 0.15) is 5.75 Å². The van der Waals surface area contributed by atoms with Gasteiger partial charge in [0.25, 0.3) is 5.91 Å². The van der Waals surface area contributed by atoms with Crippen LogP contribution >= 0.6 is 11.3 Å². The first-order valence-electron chi connectivity index (χ1n) is 10.9. The number of carbonyl (C=O) groups excluding carboxylic acids is 1. The van der Waals surface area contributed by atoms with Gasteiger partial charge in [-0.15, -0.1) is 11.3 Å². The van der Waals surface area contributed by atoms with E-state index in [9.17, 15) is 4.79 Å². The van der Waals surface area contributed by atoms with Crippen molar-refractivity contribution in [2.75, 3.05) is 11.9 Å².